The molecule has 11 aromatic rings. The summed E-state index contributed by atoms with van der Waals surface area (Å²) >= 11 is 0. The summed E-state index contributed by atoms with van der Waals surface area (Å²) in [7, 11) is -14.9. The summed E-state index contributed by atoms with van der Waals surface area (Å²) < 4.78 is 153. The molecule has 2 saturated heterocycles. The average Bonchev–Trinajstić information content (AvgIpc) is 1.65. The number of phosphoric ester groups is 3. The zero-order chi connectivity index (χ0) is 71.9. The monoisotopic (exact) mass is 1480 g/mol. The van der Waals surface area contributed by atoms with Crippen LogP contribution in [0, 0.1) is 0 Å². The number of benzene rings is 9. The number of nitrogen functional groups attached to an aromatic ring is 1. The standard InChI is InChI=1S/C79H80N5O18P3/c80-76-70-77(82-57-81-76)84(58-83-70)78-74(102-105(87,95-53-66-42-24-8-25-43-66)96-54-67-44-26-9-27-45-67)71(68(97-78)55-88-46-59-28-10-1-11-29-59)99-79-75(90-48-61-32-14-3-15-33-61)73(101-104(86,93-51-64-38-20-6-21-39-64)94-52-65-40-22-7-23-41-65)72(69(98-79)56-89-47-60-30-12-2-13-31-60)100-103(85,91-49-62-34-16-4-17-35-62)92-50-63-36-18-5-19-37-63/h1-45,57-58,68-69,71-75,78-79H,46-56H2,(H2,80,81,82)/t68-,69-,71-,72-,73+,74-,75-,78-,79-/m1/s1. The van der Waals surface area contributed by atoms with E-state index in [2.05, 4.69) is 15.0 Å². The number of rotatable bonds is 38. The fourth-order valence-electron chi connectivity index (χ4n) is 11.7. The summed E-state index contributed by atoms with van der Waals surface area (Å²) in [5.41, 5.74) is 12.9. The van der Waals surface area contributed by atoms with Gasteiger partial charge in [0.05, 0.1) is 79.0 Å². The summed E-state index contributed by atoms with van der Waals surface area (Å²) in [5, 5.41) is 0. The molecule has 0 saturated carbocycles. The summed E-state index contributed by atoms with van der Waals surface area (Å²) in [5.74, 6) is 0.0587. The molecule has 4 heterocycles. The lowest BCUT2D eigenvalue weighted by atomic mass is 9.98. The average molecular weight is 1480 g/mol. The molecule has 0 amide bonds. The number of anilines is 1. The second-order valence-electron chi connectivity index (χ2n) is 24.7. The van der Waals surface area contributed by atoms with E-state index in [9.17, 15) is 0 Å². The van der Waals surface area contributed by atoms with Gasteiger partial charge < -0.3 is 34.2 Å². The number of imidazole rings is 1. The predicted octanol–water partition coefficient (Wildman–Crippen LogP) is 16.2. The molecule has 23 nitrogen and oxygen atoms in total. The summed E-state index contributed by atoms with van der Waals surface area (Å²) in [6.07, 6.45) is -11.5. The van der Waals surface area contributed by atoms with Crippen molar-refractivity contribution in [3.05, 3.63) is 336 Å². The van der Waals surface area contributed by atoms with E-state index in [0.717, 1.165) is 11.1 Å². The van der Waals surface area contributed by atoms with E-state index >= 15 is 13.7 Å². The highest BCUT2D eigenvalue weighted by atomic mass is 31.2. The van der Waals surface area contributed by atoms with Crippen LogP contribution in [-0.4, -0.2) is 81.8 Å². The van der Waals surface area contributed by atoms with Crippen molar-refractivity contribution in [2.75, 3.05) is 18.9 Å². The first-order valence-electron chi connectivity index (χ1n) is 34.2. The number of nitrogens with zero attached hydrogens (tertiary/aromatic N) is 4. The van der Waals surface area contributed by atoms with Gasteiger partial charge in [-0.2, -0.15) is 0 Å². The maximum atomic E-state index is 16.5. The third-order valence-corrected chi connectivity index (χ3v) is 21.2. The van der Waals surface area contributed by atoms with E-state index in [1.807, 2.05) is 224 Å². The van der Waals surface area contributed by atoms with Crippen LogP contribution >= 0.6 is 23.5 Å². The minimum absolute atomic E-state index is 0.0208. The predicted molar refractivity (Wildman–Crippen MR) is 389 cm³/mol. The number of phosphoric acid groups is 3. The lowest BCUT2D eigenvalue weighted by Gasteiger charge is -2.47. The van der Waals surface area contributed by atoms with Gasteiger partial charge in [0.1, 0.15) is 54.6 Å². The van der Waals surface area contributed by atoms with Crippen LogP contribution in [0.3, 0.4) is 0 Å². The lowest BCUT2D eigenvalue weighted by Crippen LogP contribution is -2.62. The third-order valence-electron chi connectivity index (χ3n) is 17.0. The van der Waals surface area contributed by atoms with Crippen LogP contribution in [0.5, 0.6) is 0 Å². The van der Waals surface area contributed by atoms with Gasteiger partial charge in [0.15, 0.2) is 24.0 Å². The van der Waals surface area contributed by atoms with Crippen LogP contribution in [-0.2, 0) is 142 Å². The Balaban J connectivity index is 0.977. The minimum Gasteiger partial charge on any atom is -0.382 e. The van der Waals surface area contributed by atoms with E-state index in [1.165, 1.54) is 12.7 Å². The normalized spacial score (nSPS) is 19.9. The second-order valence-corrected chi connectivity index (χ2v) is 29.5. The van der Waals surface area contributed by atoms with Crippen molar-refractivity contribution in [2.24, 2.45) is 0 Å². The zero-order valence-corrected chi connectivity index (χ0v) is 59.8. The van der Waals surface area contributed by atoms with Gasteiger partial charge in [0, 0.05) is 0 Å². The summed E-state index contributed by atoms with van der Waals surface area (Å²) in [6, 6.07) is 82.6. The van der Waals surface area contributed by atoms with Gasteiger partial charge >= 0.3 is 23.5 Å². The molecule has 0 aliphatic carbocycles. The summed E-state index contributed by atoms with van der Waals surface area (Å²) in [6.45, 7) is -2.28. The van der Waals surface area contributed by atoms with Crippen molar-refractivity contribution < 1.29 is 82.8 Å². The third kappa shape index (κ3) is 21.2. The number of hydrogen-bond acceptors (Lipinski definition) is 22. The molecule has 9 atom stereocenters. The van der Waals surface area contributed by atoms with Gasteiger partial charge in [-0.05, 0) is 50.1 Å². The molecule has 0 radical (unpaired) electrons. The van der Waals surface area contributed by atoms with E-state index < -0.39 is 78.7 Å². The Bertz CT molecular complexity index is 4420. The highest BCUT2D eigenvalue weighted by Crippen LogP contribution is 2.60. The maximum absolute atomic E-state index is 16.5. The number of nitrogens with two attached hydrogens (primary N) is 1. The molecule has 2 aliphatic heterocycles. The van der Waals surface area contributed by atoms with Crippen molar-refractivity contribution in [2.45, 2.75) is 115 Å². The SMILES string of the molecule is Nc1ncnc2c1ncn2[C@@H]1O[C@H](COCc2ccccc2)[C@@H](O[C@H]2O[C@H](COCc3ccccc3)[C@@H](OP(=O)(OCc3ccccc3)OCc3ccccc3)[C@H](OP(=O)(OCc3ccccc3)OCc3ccccc3)[C@H]2OCc2ccccc2)[C@H]1OP(=O)(OCc1ccccc1)OCc1ccccc1. The van der Waals surface area contributed by atoms with Crippen LogP contribution in [0.15, 0.2) is 286 Å². The molecule has 2 N–H and O–H groups in total. The Morgan fingerprint density at radius 3 is 1.02 bits per heavy atom. The Kier molecular flexibility index (Phi) is 26.4. The van der Waals surface area contributed by atoms with E-state index in [0.29, 0.717) is 38.9 Å². The van der Waals surface area contributed by atoms with Gasteiger partial charge in [-0.1, -0.05) is 273 Å². The smallest absolute Gasteiger partial charge is 0.382 e. The second kappa shape index (κ2) is 37.1. The highest BCUT2D eigenvalue weighted by molar-refractivity contribution is 7.49. The number of aromatic nitrogens is 4. The van der Waals surface area contributed by atoms with Crippen LogP contribution in [0.25, 0.3) is 11.2 Å². The first-order valence-corrected chi connectivity index (χ1v) is 38.6. The van der Waals surface area contributed by atoms with Gasteiger partial charge in [-0.15, -0.1) is 0 Å². The topological polar surface area (TPSA) is 259 Å². The van der Waals surface area contributed by atoms with Crippen molar-refractivity contribution >= 4 is 40.4 Å². The molecule has 9 aromatic carbocycles. The number of hydrogen-bond donors (Lipinski definition) is 1. The molecule has 544 valence electrons. The minimum atomic E-state index is -5.03. The maximum Gasteiger partial charge on any atom is 0.475 e. The molecular weight excluding hydrogens is 1400 g/mol. The van der Waals surface area contributed by atoms with Crippen LogP contribution in [0.2, 0.25) is 0 Å². The van der Waals surface area contributed by atoms with Gasteiger partial charge in [0.25, 0.3) is 0 Å². The van der Waals surface area contributed by atoms with E-state index in [1.54, 1.807) is 53.1 Å². The molecule has 13 rings (SSSR count). The van der Waals surface area contributed by atoms with Crippen LogP contribution in [0.1, 0.15) is 56.3 Å². The van der Waals surface area contributed by atoms with Crippen molar-refractivity contribution in [1.82, 2.24) is 19.5 Å². The Labute approximate surface area is 609 Å². The van der Waals surface area contributed by atoms with Crippen LogP contribution in [0.4, 0.5) is 5.82 Å². The van der Waals surface area contributed by atoms with Gasteiger partial charge in [-0.3, -0.25) is 45.3 Å². The molecule has 2 aromatic heterocycles. The summed E-state index contributed by atoms with van der Waals surface area (Å²) in [4.78, 5) is 13.5. The van der Waals surface area contributed by atoms with Crippen molar-refractivity contribution in [3.8, 4) is 0 Å². The van der Waals surface area contributed by atoms with Gasteiger partial charge in [0.2, 0.25) is 0 Å². The fraction of sp³-hybridized carbons (Fsp3) is 0.253. The first-order chi connectivity index (χ1) is 51.5. The Hall–Kier alpha value is -8.58. The molecule has 0 bridgehead atoms. The number of ether oxygens (including phenoxy) is 6. The lowest BCUT2D eigenvalue weighted by molar-refractivity contribution is -0.325. The molecule has 26 heteroatoms. The molecule has 2 aliphatic rings. The molecule has 0 spiro atoms. The Morgan fingerprint density at radius 2 is 0.657 bits per heavy atom. The van der Waals surface area contributed by atoms with Gasteiger partial charge in [-0.25, -0.2) is 28.6 Å². The largest absolute Gasteiger partial charge is 0.475 e. The Morgan fingerprint density at radius 1 is 0.343 bits per heavy atom. The molecule has 0 unspecified atom stereocenters. The van der Waals surface area contributed by atoms with E-state index in [4.69, 9.17) is 74.9 Å². The molecule has 105 heavy (non-hydrogen) atoms. The quantitative estimate of drug-likeness (QED) is 0.0353. The molecule has 2 fully saturated rings. The zero-order valence-electron chi connectivity index (χ0n) is 57.2. The van der Waals surface area contributed by atoms with Crippen LogP contribution < -0.4 is 5.73 Å². The molecular formula is C79H80N5O18P3. The first kappa shape index (κ1) is 74.7. The fourth-order valence-corrected chi connectivity index (χ4v) is 15.8. The highest BCUT2D eigenvalue weighted by Gasteiger charge is 2.59. The van der Waals surface area contributed by atoms with E-state index in [-0.39, 0.29) is 89.7 Å². The number of fused-ring (bicyclic) bond motifs is 1. The van der Waals surface area contributed by atoms with Crippen molar-refractivity contribution in [1.29, 1.82) is 0 Å². The van der Waals surface area contributed by atoms with Crippen molar-refractivity contribution in [3.63, 3.8) is 0 Å².